The van der Waals surface area contributed by atoms with E-state index in [2.05, 4.69) is 15.6 Å². The summed E-state index contributed by atoms with van der Waals surface area (Å²) in [5.41, 5.74) is 2.14. The third-order valence-electron chi connectivity index (χ3n) is 3.82. The summed E-state index contributed by atoms with van der Waals surface area (Å²) in [6.07, 6.45) is 2.85. The Kier molecular flexibility index (Phi) is 3.69. The van der Waals surface area contributed by atoms with E-state index >= 15 is 0 Å². The molecule has 1 aromatic heterocycles. The second kappa shape index (κ2) is 5.63. The van der Waals surface area contributed by atoms with Crippen LogP contribution in [-0.2, 0) is 9.53 Å². The summed E-state index contributed by atoms with van der Waals surface area (Å²) in [4.78, 5) is 18.3. The van der Waals surface area contributed by atoms with Crippen LogP contribution in [0.2, 0.25) is 0 Å². The van der Waals surface area contributed by atoms with Crippen LogP contribution < -0.4 is 0 Å². The lowest BCUT2D eigenvalue weighted by Gasteiger charge is -2.17. The minimum absolute atomic E-state index is 0.0822. The van der Waals surface area contributed by atoms with Gasteiger partial charge in [0.2, 0.25) is 5.91 Å². The molecule has 0 saturated carbocycles. The van der Waals surface area contributed by atoms with Gasteiger partial charge in [0.15, 0.2) is 0 Å². The molecule has 2 aromatic rings. The van der Waals surface area contributed by atoms with Crippen molar-refractivity contribution in [1.82, 2.24) is 14.5 Å². The van der Waals surface area contributed by atoms with Gasteiger partial charge in [-0.3, -0.25) is 4.79 Å². The molecular weight excluding hydrogens is 254 g/mol. The van der Waals surface area contributed by atoms with Crippen LogP contribution in [-0.4, -0.2) is 46.7 Å². The number of hydrogen-bond donors (Lipinski definition) is 0. The van der Waals surface area contributed by atoms with Crippen LogP contribution in [0.4, 0.5) is 0 Å². The monoisotopic (exact) mass is 273 g/mol. The molecule has 1 aliphatic heterocycles. The Morgan fingerprint density at radius 2 is 2.30 bits per heavy atom. The van der Waals surface area contributed by atoms with Gasteiger partial charge in [0.25, 0.3) is 0 Å². The van der Waals surface area contributed by atoms with Crippen LogP contribution in [0.5, 0.6) is 0 Å². The lowest BCUT2D eigenvalue weighted by molar-refractivity contribution is -0.135. The molecule has 0 spiro atoms. The summed E-state index contributed by atoms with van der Waals surface area (Å²) < 4.78 is 7.38. The topological polar surface area (TPSA) is 47.4 Å². The standard InChI is InChI=1S/C15H19N3O2/c1-2-20-10-15(19)17-8-7-12(9-17)18-11-16-13-5-3-4-6-14(13)18/h3-6,11-12H,2,7-10H2,1H3. The zero-order chi connectivity index (χ0) is 13.9. The number of benzene rings is 1. The van der Waals surface area contributed by atoms with Crippen LogP contribution in [0, 0.1) is 0 Å². The van der Waals surface area contributed by atoms with Gasteiger partial charge in [0.05, 0.1) is 23.4 Å². The largest absolute Gasteiger partial charge is 0.372 e. The Hall–Kier alpha value is -1.88. The van der Waals surface area contributed by atoms with Crippen molar-refractivity contribution in [1.29, 1.82) is 0 Å². The summed E-state index contributed by atoms with van der Waals surface area (Å²) >= 11 is 0. The summed E-state index contributed by atoms with van der Waals surface area (Å²) in [5, 5.41) is 0. The van der Waals surface area contributed by atoms with E-state index in [1.165, 1.54) is 0 Å². The molecule has 1 saturated heterocycles. The normalized spacial score (nSPS) is 18.9. The number of imidazole rings is 1. The fourth-order valence-electron chi connectivity index (χ4n) is 2.75. The fourth-order valence-corrected chi connectivity index (χ4v) is 2.75. The number of amides is 1. The third-order valence-corrected chi connectivity index (χ3v) is 3.82. The molecule has 1 amide bonds. The van der Waals surface area contributed by atoms with E-state index in [1.807, 2.05) is 36.4 Å². The highest BCUT2D eigenvalue weighted by Crippen LogP contribution is 2.25. The highest BCUT2D eigenvalue weighted by Gasteiger charge is 2.27. The summed E-state index contributed by atoms with van der Waals surface area (Å²) in [5.74, 6) is 0.0822. The predicted octanol–water partition coefficient (Wildman–Crippen LogP) is 1.85. The lowest BCUT2D eigenvalue weighted by atomic mass is 10.2. The first-order valence-electron chi connectivity index (χ1n) is 7.06. The quantitative estimate of drug-likeness (QED) is 0.854. The van der Waals surface area contributed by atoms with Crippen molar-refractivity contribution < 1.29 is 9.53 Å². The molecule has 1 aromatic carbocycles. The van der Waals surface area contributed by atoms with Crippen molar-refractivity contribution in [3.05, 3.63) is 30.6 Å². The molecule has 5 nitrogen and oxygen atoms in total. The number of aromatic nitrogens is 2. The molecule has 3 rings (SSSR count). The number of para-hydroxylation sites is 2. The van der Waals surface area contributed by atoms with Crippen molar-refractivity contribution in [3.8, 4) is 0 Å². The van der Waals surface area contributed by atoms with Gasteiger partial charge in [-0.15, -0.1) is 0 Å². The first-order chi connectivity index (χ1) is 9.79. The zero-order valence-corrected chi connectivity index (χ0v) is 11.7. The van der Waals surface area contributed by atoms with Crippen LogP contribution in [0.15, 0.2) is 30.6 Å². The Bertz CT molecular complexity index is 608. The number of carbonyl (C=O) groups excluding carboxylic acids is 1. The maximum Gasteiger partial charge on any atom is 0.248 e. The van der Waals surface area contributed by atoms with Crippen molar-refractivity contribution in [2.75, 3.05) is 26.3 Å². The fraction of sp³-hybridized carbons (Fsp3) is 0.467. The minimum atomic E-state index is 0.0822. The van der Waals surface area contributed by atoms with Crippen molar-refractivity contribution in [2.45, 2.75) is 19.4 Å². The van der Waals surface area contributed by atoms with Gasteiger partial charge < -0.3 is 14.2 Å². The molecule has 20 heavy (non-hydrogen) atoms. The number of fused-ring (bicyclic) bond motifs is 1. The molecule has 0 radical (unpaired) electrons. The average molecular weight is 273 g/mol. The SMILES string of the molecule is CCOCC(=O)N1CCC(n2cnc3ccccc32)C1. The number of ether oxygens (including phenoxy) is 1. The van der Waals surface area contributed by atoms with Crippen molar-refractivity contribution in [2.24, 2.45) is 0 Å². The van der Waals surface area contributed by atoms with Gasteiger partial charge in [0, 0.05) is 19.7 Å². The van der Waals surface area contributed by atoms with E-state index < -0.39 is 0 Å². The van der Waals surface area contributed by atoms with Crippen LogP contribution >= 0.6 is 0 Å². The molecule has 0 bridgehead atoms. The van der Waals surface area contributed by atoms with Gasteiger partial charge in [-0.05, 0) is 25.5 Å². The van der Waals surface area contributed by atoms with Gasteiger partial charge in [-0.25, -0.2) is 4.98 Å². The Morgan fingerprint density at radius 3 is 3.15 bits per heavy atom. The van der Waals surface area contributed by atoms with E-state index in [1.54, 1.807) is 0 Å². The molecule has 1 fully saturated rings. The molecule has 0 N–H and O–H groups in total. The lowest BCUT2D eigenvalue weighted by Crippen LogP contribution is -2.32. The molecular formula is C15H19N3O2. The first-order valence-corrected chi connectivity index (χ1v) is 7.06. The Balaban J connectivity index is 1.72. The second-order valence-corrected chi connectivity index (χ2v) is 5.06. The maximum absolute atomic E-state index is 12.0. The van der Waals surface area contributed by atoms with E-state index in [0.717, 1.165) is 30.5 Å². The highest BCUT2D eigenvalue weighted by atomic mass is 16.5. The molecule has 1 unspecified atom stereocenters. The predicted molar refractivity (Wildman–Crippen MR) is 76.5 cm³/mol. The van der Waals surface area contributed by atoms with Crippen molar-refractivity contribution in [3.63, 3.8) is 0 Å². The Morgan fingerprint density at radius 1 is 1.45 bits per heavy atom. The van der Waals surface area contributed by atoms with E-state index in [0.29, 0.717) is 12.6 Å². The molecule has 1 aliphatic rings. The number of hydrogen-bond acceptors (Lipinski definition) is 3. The number of carbonyl (C=O) groups is 1. The molecule has 2 heterocycles. The Labute approximate surface area is 118 Å². The second-order valence-electron chi connectivity index (χ2n) is 5.06. The smallest absolute Gasteiger partial charge is 0.248 e. The van der Waals surface area contributed by atoms with Gasteiger partial charge in [-0.2, -0.15) is 0 Å². The average Bonchev–Trinajstić information content (AvgIpc) is 3.10. The highest BCUT2D eigenvalue weighted by molar-refractivity contribution is 5.78. The first kappa shape index (κ1) is 13.1. The summed E-state index contributed by atoms with van der Waals surface area (Å²) in [6, 6.07) is 8.42. The van der Waals surface area contributed by atoms with Gasteiger partial charge >= 0.3 is 0 Å². The van der Waals surface area contributed by atoms with Gasteiger partial charge in [-0.1, -0.05) is 12.1 Å². The summed E-state index contributed by atoms with van der Waals surface area (Å²) in [7, 11) is 0. The third kappa shape index (κ3) is 2.41. The molecule has 0 aliphatic carbocycles. The van der Waals surface area contributed by atoms with Crippen LogP contribution in [0.25, 0.3) is 11.0 Å². The van der Waals surface area contributed by atoms with Crippen LogP contribution in [0.1, 0.15) is 19.4 Å². The zero-order valence-electron chi connectivity index (χ0n) is 11.7. The van der Waals surface area contributed by atoms with E-state index in [9.17, 15) is 4.79 Å². The number of nitrogens with zero attached hydrogens (tertiary/aromatic N) is 3. The number of likely N-dealkylation sites (tertiary alicyclic amines) is 1. The molecule has 1 atom stereocenters. The maximum atomic E-state index is 12.0. The van der Waals surface area contributed by atoms with Crippen molar-refractivity contribution >= 4 is 16.9 Å². The van der Waals surface area contributed by atoms with E-state index in [4.69, 9.17) is 4.74 Å². The van der Waals surface area contributed by atoms with Crippen LogP contribution in [0.3, 0.4) is 0 Å². The number of rotatable bonds is 4. The summed E-state index contributed by atoms with van der Waals surface area (Å²) in [6.45, 7) is 4.20. The van der Waals surface area contributed by atoms with E-state index in [-0.39, 0.29) is 12.5 Å². The van der Waals surface area contributed by atoms with Gasteiger partial charge in [0.1, 0.15) is 6.61 Å². The molecule has 5 heteroatoms. The minimum Gasteiger partial charge on any atom is -0.372 e. The molecule has 106 valence electrons.